The standard InChI is InChI=1S/C18H13F2S.F6P/c19-14-6-10-17(11-7-14)21(16-4-2-1-3-5-16)18-12-8-15(20)9-13-18;1-7(2,3,4,5)6/h1-13H;/q+1;-1. The second kappa shape index (κ2) is 7.37. The second-order valence-electron chi connectivity index (χ2n) is 5.49. The van der Waals surface area contributed by atoms with Gasteiger partial charge in [0.2, 0.25) is 0 Å². The zero-order valence-electron chi connectivity index (χ0n) is 13.9. The van der Waals surface area contributed by atoms with Crippen LogP contribution in [0.25, 0.3) is 0 Å². The molecule has 0 nitrogen and oxygen atoms in total. The van der Waals surface area contributed by atoms with Crippen LogP contribution in [0.3, 0.4) is 0 Å². The minimum atomic E-state index is -10.7. The van der Waals surface area contributed by atoms with Crippen LogP contribution in [0.4, 0.5) is 34.0 Å². The van der Waals surface area contributed by atoms with E-state index < -0.39 is 7.81 Å². The molecule has 28 heavy (non-hydrogen) atoms. The van der Waals surface area contributed by atoms with Crippen LogP contribution in [0.5, 0.6) is 0 Å². The number of hydrogen-bond donors (Lipinski definition) is 0. The van der Waals surface area contributed by atoms with Crippen molar-refractivity contribution in [3.63, 3.8) is 0 Å². The summed E-state index contributed by atoms with van der Waals surface area (Å²) in [5.41, 5.74) is 0. The Morgan fingerprint density at radius 1 is 0.464 bits per heavy atom. The Bertz CT molecular complexity index is 851. The summed E-state index contributed by atoms with van der Waals surface area (Å²) in [6.45, 7) is 0. The Morgan fingerprint density at radius 2 is 0.750 bits per heavy atom. The van der Waals surface area contributed by atoms with Crippen molar-refractivity contribution in [1.29, 1.82) is 0 Å². The van der Waals surface area contributed by atoms with Crippen LogP contribution in [0.15, 0.2) is 93.5 Å². The molecule has 0 fully saturated rings. The average Bonchev–Trinajstić information content (AvgIpc) is 2.57. The van der Waals surface area contributed by atoms with E-state index in [9.17, 15) is 34.0 Å². The molecule has 3 rings (SSSR count). The van der Waals surface area contributed by atoms with Gasteiger partial charge in [-0.1, -0.05) is 18.2 Å². The van der Waals surface area contributed by atoms with E-state index in [1.54, 1.807) is 24.3 Å². The van der Waals surface area contributed by atoms with Crippen molar-refractivity contribution in [2.45, 2.75) is 14.7 Å². The normalized spacial score (nSPS) is 13.9. The van der Waals surface area contributed by atoms with E-state index >= 15 is 0 Å². The van der Waals surface area contributed by atoms with E-state index in [0.29, 0.717) is 0 Å². The fourth-order valence-corrected chi connectivity index (χ4v) is 4.17. The first-order chi connectivity index (χ1) is 12.7. The third-order valence-corrected chi connectivity index (χ3v) is 5.31. The van der Waals surface area contributed by atoms with Crippen molar-refractivity contribution in [3.05, 3.63) is 90.5 Å². The maximum absolute atomic E-state index is 13.2. The summed E-state index contributed by atoms with van der Waals surface area (Å²) in [5, 5.41) is 0. The maximum Gasteiger partial charge on any atom is 0.166 e. The fraction of sp³-hybridized carbons (Fsp3) is 0. The van der Waals surface area contributed by atoms with Crippen LogP contribution in [-0.4, -0.2) is 0 Å². The first kappa shape index (κ1) is 22.2. The fourth-order valence-electron chi connectivity index (χ4n) is 2.11. The summed E-state index contributed by atoms with van der Waals surface area (Å²) in [7, 11) is -11.0. The molecule has 0 aliphatic rings. The SMILES string of the molecule is F[P-](F)(F)(F)(F)F.Fc1ccc([S+](c2ccccc2)c2ccc(F)cc2)cc1. The zero-order chi connectivity index (χ0) is 21.1. The molecule has 3 aromatic carbocycles. The Balaban J connectivity index is 0.000000345. The third kappa shape index (κ3) is 8.71. The molecular formula is C18H13F8PS. The number of benzene rings is 3. The van der Waals surface area contributed by atoms with Crippen LogP contribution in [-0.2, 0) is 10.9 Å². The molecule has 0 aliphatic heterocycles. The molecule has 0 atom stereocenters. The van der Waals surface area contributed by atoms with Crippen molar-refractivity contribution >= 4 is 18.7 Å². The third-order valence-electron chi connectivity index (χ3n) is 3.08. The van der Waals surface area contributed by atoms with Gasteiger partial charge in [0, 0.05) is 0 Å². The molecule has 0 unspecified atom stereocenters. The molecule has 0 amide bonds. The van der Waals surface area contributed by atoms with Gasteiger partial charge in [-0.2, -0.15) is 0 Å². The summed E-state index contributed by atoms with van der Waals surface area (Å²) < 4.78 is 85.5. The van der Waals surface area contributed by atoms with Gasteiger partial charge in [-0.05, 0) is 60.7 Å². The molecule has 0 radical (unpaired) electrons. The smallest absolute Gasteiger partial charge is 0.166 e. The van der Waals surface area contributed by atoms with Crippen LogP contribution in [0.2, 0.25) is 0 Å². The molecule has 0 aliphatic carbocycles. The van der Waals surface area contributed by atoms with Gasteiger partial charge in [0.05, 0.1) is 10.9 Å². The Labute approximate surface area is 158 Å². The molecule has 0 aromatic heterocycles. The topological polar surface area (TPSA) is 0 Å². The largest absolute Gasteiger partial charge is 0.207 e. The molecule has 152 valence electrons. The summed E-state index contributed by atoms with van der Waals surface area (Å²) in [6.07, 6.45) is 0. The zero-order valence-corrected chi connectivity index (χ0v) is 15.6. The summed E-state index contributed by atoms with van der Waals surface area (Å²) in [6, 6.07) is 23.0. The molecule has 0 saturated heterocycles. The van der Waals surface area contributed by atoms with Gasteiger partial charge in [0.25, 0.3) is 0 Å². The van der Waals surface area contributed by atoms with E-state index in [-0.39, 0.29) is 22.5 Å². The van der Waals surface area contributed by atoms with Gasteiger partial charge < -0.3 is 0 Å². The van der Waals surface area contributed by atoms with E-state index in [0.717, 1.165) is 14.7 Å². The molecule has 0 heterocycles. The van der Waals surface area contributed by atoms with Gasteiger partial charge in [0.1, 0.15) is 11.6 Å². The molecule has 0 saturated carbocycles. The van der Waals surface area contributed by atoms with Gasteiger partial charge >= 0.3 is 33.0 Å². The van der Waals surface area contributed by atoms with Gasteiger partial charge in [-0.25, -0.2) is 8.78 Å². The molecule has 0 spiro atoms. The number of hydrogen-bond acceptors (Lipinski definition) is 0. The molecule has 0 N–H and O–H groups in total. The molecular weight excluding hydrogens is 431 g/mol. The molecule has 0 bridgehead atoms. The predicted octanol–water partition coefficient (Wildman–Crippen LogP) is 8.44. The minimum absolute atomic E-state index is 0.255. The number of halogens is 8. The quantitative estimate of drug-likeness (QED) is 0.216. The first-order valence-corrected chi connectivity index (χ1v) is 10.8. The molecule has 10 heteroatoms. The van der Waals surface area contributed by atoms with Crippen LogP contribution < -0.4 is 0 Å². The average molecular weight is 444 g/mol. The summed E-state index contributed by atoms with van der Waals surface area (Å²) in [5.74, 6) is -0.510. The van der Waals surface area contributed by atoms with Crippen LogP contribution in [0.1, 0.15) is 0 Å². The van der Waals surface area contributed by atoms with Gasteiger partial charge in [-0.3, -0.25) is 0 Å². The van der Waals surface area contributed by atoms with Gasteiger partial charge in [0.15, 0.2) is 14.7 Å². The van der Waals surface area contributed by atoms with Crippen molar-refractivity contribution in [2.75, 3.05) is 0 Å². The van der Waals surface area contributed by atoms with Crippen LogP contribution >= 0.6 is 7.81 Å². The van der Waals surface area contributed by atoms with E-state index in [4.69, 9.17) is 0 Å². The van der Waals surface area contributed by atoms with Crippen molar-refractivity contribution in [1.82, 2.24) is 0 Å². The minimum Gasteiger partial charge on any atom is -0.207 e. The number of rotatable bonds is 3. The predicted molar refractivity (Wildman–Crippen MR) is 95.0 cm³/mol. The molecule has 3 aromatic rings. The van der Waals surface area contributed by atoms with E-state index in [1.165, 1.54) is 24.3 Å². The Hall–Kier alpha value is -2.12. The van der Waals surface area contributed by atoms with Crippen molar-refractivity contribution < 1.29 is 34.0 Å². The maximum atomic E-state index is 13.2. The Morgan fingerprint density at radius 3 is 1.07 bits per heavy atom. The van der Waals surface area contributed by atoms with E-state index in [2.05, 4.69) is 0 Å². The summed E-state index contributed by atoms with van der Waals surface area (Å²) >= 11 is 0. The Kier molecular flexibility index (Phi) is 5.83. The first-order valence-electron chi connectivity index (χ1n) is 7.56. The summed E-state index contributed by atoms with van der Waals surface area (Å²) in [4.78, 5) is 3.14. The van der Waals surface area contributed by atoms with Crippen LogP contribution in [0, 0.1) is 11.6 Å². The second-order valence-corrected chi connectivity index (χ2v) is 9.43. The van der Waals surface area contributed by atoms with Gasteiger partial charge in [-0.15, -0.1) is 0 Å². The van der Waals surface area contributed by atoms with Crippen molar-refractivity contribution in [3.8, 4) is 0 Å². The monoisotopic (exact) mass is 444 g/mol. The van der Waals surface area contributed by atoms with E-state index in [1.807, 2.05) is 30.3 Å². The van der Waals surface area contributed by atoms with Crippen molar-refractivity contribution in [2.24, 2.45) is 0 Å².